The lowest BCUT2D eigenvalue weighted by Crippen LogP contribution is -2.07. The first-order valence-electron chi connectivity index (χ1n) is 6.42. The van der Waals surface area contributed by atoms with Crippen LogP contribution in [0.1, 0.15) is 11.4 Å². The Morgan fingerprint density at radius 2 is 2.10 bits per heavy atom. The van der Waals surface area contributed by atoms with Gasteiger partial charge in [-0.2, -0.15) is 0 Å². The normalized spacial score (nSPS) is 10.9. The maximum absolute atomic E-state index is 5.91. The van der Waals surface area contributed by atoms with E-state index in [2.05, 4.69) is 44.9 Å². The minimum absolute atomic E-state index is 0.472. The summed E-state index contributed by atoms with van der Waals surface area (Å²) in [5.74, 6) is 1.46. The zero-order valence-corrected chi connectivity index (χ0v) is 12.6. The number of aromatic nitrogens is 2. The fourth-order valence-electron chi connectivity index (χ4n) is 2.13. The van der Waals surface area contributed by atoms with E-state index in [9.17, 15) is 0 Å². The van der Waals surface area contributed by atoms with Crippen molar-refractivity contribution in [2.45, 2.75) is 13.3 Å². The summed E-state index contributed by atoms with van der Waals surface area (Å²) in [5, 5.41) is 7.19. The van der Waals surface area contributed by atoms with Crippen LogP contribution in [0.5, 0.6) is 0 Å². The van der Waals surface area contributed by atoms with Gasteiger partial charge in [0.05, 0.1) is 0 Å². The van der Waals surface area contributed by atoms with Crippen LogP contribution in [0, 0.1) is 6.92 Å². The Balaban J connectivity index is 1.64. The molecule has 1 aromatic carbocycles. The zero-order valence-electron chi connectivity index (χ0n) is 11.1. The van der Waals surface area contributed by atoms with Crippen molar-refractivity contribution in [3.8, 4) is 0 Å². The third-order valence-electron chi connectivity index (χ3n) is 3.04. The fraction of sp³-hybridized carbons (Fsp3) is 0.200. The minimum Gasteiger partial charge on any atom is -0.370 e. The molecule has 0 radical (unpaired) electrons. The average molecular weight is 304 g/mol. The van der Waals surface area contributed by atoms with E-state index in [1.807, 2.05) is 6.92 Å². The molecule has 0 saturated carbocycles. The van der Waals surface area contributed by atoms with E-state index < -0.39 is 0 Å². The lowest BCUT2D eigenvalue weighted by Gasteiger charge is -2.07. The highest BCUT2D eigenvalue weighted by molar-refractivity contribution is 7.17. The molecule has 0 aliphatic rings. The van der Waals surface area contributed by atoms with Gasteiger partial charge in [0.2, 0.25) is 0 Å². The monoisotopic (exact) mass is 303 g/mol. The summed E-state index contributed by atoms with van der Waals surface area (Å²) in [6.07, 6.45) is 0.951. The minimum atomic E-state index is 0.472. The molecule has 0 fully saturated rings. The number of rotatable bonds is 4. The number of nitrogens with zero attached hydrogens (tertiary/aromatic N) is 2. The van der Waals surface area contributed by atoms with Crippen molar-refractivity contribution < 1.29 is 0 Å². The lowest BCUT2D eigenvalue weighted by atomic mass is 10.1. The number of fused-ring (bicyclic) bond motifs is 1. The number of thiophene rings is 1. The molecule has 102 valence electrons. The number of halogens is 1. The van der Waals surface area contributed by atoms with Gasteiger partial charge < -0.3 is 5.32 Å². The van der Waals surface area contributed by atoms with Gasteiger partial charge in [0.15, 0.2) is 0 Å². The SMILES string of the molecule is Cc1nc(Cl)cc(NCCc2ccc3sccc3c2)n1. The van der Waals surface area contributed by atoms with Gasteiger partial charge in [0.25, 0.3) is 0 Å². The molecular formula is C15H14ClN3S. The van der Waals surface area contributed by atoms with Gasteiger partial charge in [0, 0.05) is 17.3 Å². The van der Waals surface area contributed by atoms with Crippen molar-refractivity contribution in [2.24, 2.45) is 0 Å². The number of anilines is 1. The van der Waals surface area contributed by atoms with Crippen LogP contribution in [0.3, 0.4) is 0 Å². The molecule has 0 saturated heterocycles. The Morgan fingerprint density at radius 1 is 1.20 bits per heavy atom. The molecular weight excluding hydrogens is 290 g/mol. The molecule has 2 heterocycles. The number of hydrogen-bond acceptors (Lipinski definition) is 4. The molecule has 1 N–H and O–H groups in total. The predicted molar refractivity (Wildman–Crippen MR) is 85.8 cm³/mol. The predicted octanol–water partition coefficient (Wildman–Crippen LogP) is 4.31. The van der Waals surface area contributed by atoms with E-state index in [0.717, 1.165) is 18.8 Å². The molecule has 20 heavy (non-hydrogen) atoms. The van der Waals surface area contributed by atoms with Crippen LogP contribution in [-0.2, 0) is 6.42 Å². The van der Waals surface area contributed by atoms with E-state index >= 15 is 0 Å². The van der Waals surface area contributed by atoms with Crippen LogP contribution in [0.15, 0.2) is 35.7 Å². The first kappa shape index (κ1) is 13.3. The number of benzene rings is 1. The Kier molecular flexibility index (Phi) is 3.85. The Labute approximate surface area is 126 Å². The second-order valence-electron chi connectivity index (χ2n) is 4.59. The van der Waals surface area contributed by atoms with Gasteiger partial charge in [-0.25, -0.2) is 9.97 Å². The summed E-state index contributed by atoms with van der Waals surface area (Å²) < 4.78 is 1.33. The van der Waals surface area contributed by atoms with Gasteiger partial charge in [-0.1, -0.05) is 23.7 Å². The number of aryl methyl sites for hydroxylation is 1. The molecule has 3 aromatic rings. The van der Waals surface area contributed by atoms with Crippen LogP contribution < -0.4 is 5.32 Å². The third-order valence-corrected chi connectivity index (χ3v) is 4.13. The van der Waals surface area contributed by atoms with Crippen LogP contribution in [0.2, 0.25) is 5.15 Å². The third kappa shape index (κ3) is 3.08. The van der Waals surface area contributed by atoms with Crippen molar-refractivity contribution in [1.29, 1.82) is 0 Å². The van der Waals surface area contributed by atoms with Crippen molar-refractivity contribution in [1.82, 2.24) is 9.97 Å². The molecule has 0 aliphatic carbocycles. The highest BCUT2D eigenvalue weighted by atomic mass is 35.5. The molecule has 0 spiro atoms. The van der Waals surface area contributed by atoms with E-state index in [1.165, 1.54) is 15.6 Å². The average Bonchev–Trinajstić information content (AvgIpc) is 2.85. The summed E-state index contributed by atoms with van der Waals surface area (Å²) in [5.41, 5.74) is 1.32. The second kappa shape index (κ2) is 5.77. The quantitative estimate of drug-likeness (QED) is 0.730. The molecule has 0 aliphatic heterocycles. The fourth-order valence-corrected chi connectivity index (χ4v) is 3.12. The first-order valence-corrected chi connectivity index (χ1v) is 7.68. The molecule has 0 unspecified atom stereocenters. The summed E-state index contributed by atoms with van der Waals surface area (Å²) >= 11 is 7.68. The van der Waals surface area contributed by atoms with Crippen LogP contribution in [-0.4, -0.2) is 16.5 Å². The molecule has 0 bridgehead atoms. The van der Waals surface area contributed by atoms with E-state index in [0.29, 0.717) is 11.0 Å². The van der Waals surface area contributed by atoms with Crippen molar-refractivity contribution >= 4 is 38.8 Å². The van der Waals surface area contributed by atoms with Gasteiger partial charge in [-0.15, -0.1) is 11.3 Å². The van der Waals surface area contributed by atoms with E-state index in [-0.39, 0.29) is 0 Å². The van der Waals surface area contributed by atoms with Crippen LogP contribution in [0.25, 0.3) is 10.1 Å². The highest BCUT2D eigenvalue weighted by Crippen LogP contribution is 2.22. The van der Waals surface area contributed by atoms with E-state index in [1.54, 1.807) is 17.4 Å². The Morgan fingerprint density at radius 3 is 2.95 bits per heavy atom. The molecule has 0 amide bonds. The van der Waals surface area contributed by atoms with Crippen molar-refractivity contribution in [3.63, 3.8) is 0 Å². The standard InChI is InChI=1S/C15H14ClN3S/c1-10-18-14(16)9-15(19-10)17-6-4-11-2-3-13-12(8-11)5-7-20-13/h2-3,5,7-9H,4,6H2,1H3,(H,17,18,19). The first-order chi connectivity index (χ1) is 9.70. The maximum atomic E-state index is 5.91. The van der Waals surface area contributed by atoms with Crippen LogP contribution in [0.4, 0.5) is 5.82 Å². The molecule has 3 rings (SSSR count). The van der Waals surface area contributed by atoms with Crippen molar-refractivity contribution in [3.05, 3.63) is 52.3 Å². The Bertz CT molecular complexity index is 719. The number of nitrogens with one attached hydrogen (secondary N) is 1. The molecule has 2 aromatic heterocycles. The molecule has 5 heteroatoms. The lowest BCUT2D eigenvalue weighted by molar-refractivity contribution is 0.983. The van der Waals surface area contributed by atoms with Gasteiger partial charge >= 0.3 is 0 Å². The zero-order chi connectivity index (χ0) is 13.9. The Hall–Kier alpha value is -1.65. The molecule has 0 atom stereocenters. The van der Waals surface area contributed by atoms with Gasteiger partial charge in [-0.05, 0) is 41.8 Å². The van der Waals surface area contributed by atoms with Gasteiger partial charge in [0.1, 0.15) is 16.8 Å². The maximum Gasteiger partial charge on any atom is 0.134 e. The summed E-state index contributed by atoms with van der Waals surface area (Å²) in [6, 6.07) is 10.5. The van der Waals surface area contributed by atoms with Crippen molar-refractivity contribution in [2.75, 3.05) is 11.9 Å². The highest BCUT2D eigenvalue weighted by Gasteiger charge is 2.01. The number of hydrogen-bond donors (Lipinski definition) is 1. The molecule has 3 nitrogen and oxygen atoms in total. The van der Waals surface area contributed by atoms with Crippen LogP contribution >= 0.6 is 22.9 Å². The second-order valence-corrected chi connectivity index (χ2v) is 5.93. The van der Waals surface area contributed by atoms with Gasteiger partial charge in [-0.3, -0.25) is 0 Å². The van der Waals surface area contributed by atoms with E-state index in [4.69, 9.17) is 11.6 Å². The smallest absolute Gasteiger partial charge is 0.134 e. The largest absolute Gasteiger partial charge is 0.370 e. The summed E-state index contributed by atoms with van der Waals surface area (Å²) in [4.78, 5) is 8.35. The summed E-state index contributed by atoms with van der Waals surface area (Å²) in [6.45, 7) is 2.66. The topological polar surface area (TPSA) is 37.8 Å². The summed E-state index contributed by atoms with van der Waals surface area (Å²) in [7, 11) is 0.